The van der Waals surface area contributed by atoms with E-state index in [1.165, 1.54) is 0 Å². The molecule has 1 aromatic heterocycles. The minimum absolute atomic E-state index is 0.154. The third kappa shape index (κ3) is 5.34. The first-order chi connectivity index (χ1) is 14.6. The Kier molecular flexibility index (Phi) is 6.99. The minimum atomic E-state index is -0.516. The Bertz CT molecular complexity index is 983. The van der Waals surface area contributed by atoms with Crippen LogP contribution in [0.5, 0.6) is 11.5 Å². The van der Waals surface area contributed by atoms with Crippen LogP contribution in [0.3, 0.4) is 0 Å². The van der Waals surface area contributed by atoms with Crippen molar-refractivity contribution in [2.45, 2.75) is 6.92 Å². The van der Waals surface area contributed by atoms with E-state index in [0.717, 1.165) is 0 Å². The number of hydrogen-bond donors (Lipinski definition) is 2. The number of carbonyl (C=O) groups is 2. The van der Waals surface area contributed by atoms with E-state index in [1.807, 2.05) is 6.92 Å². The highest BCUT2D eigenvalue weighted by Crippen LogP contribution is 2.19. The van der Waals surface area contributed by atoms with Crippen molar-refractivity contribution in [3.63, 3.8) is 0 Å². The van der Waals surface area contributed by atoms with Gasteiger partial charge in [0.05, 0.1) is 13.7 Å². The maximum absolute atomic E-state index is 12.1. The number of nitrogens with zero attached hydrogens (tertiary/aromatic N) is 2. The lowest BCUT2D eigenvalue weighted by atomic mass is 10.2. The van der Waals surface area contributed by atoms with Crippen LogP contribution in [0.2, 0.25) is 0 Å². The summed E-state index contributed by atoms with van der Waals surface area (Å²) in [5.74, 6) is 0.789. The summed E-state index contributed by atoms with van der Waals surface area (Å²) in [5, 5.41) is 9.16. The van der Waals surface area contributed by atoms with Crippen molar-refractivity contribution in [1.29, 1.82) is 0 Å². The summed E-state index contributed by atoms with van der Waals surface area (Å²) in [6.45, 7) is 2.91. The Morgan fingerprint density at radius 2 is 1.57 bits per heavy atom. The van der Waals surface area contributed by atoms with Gasteiger partial charge in [-0.2, -0.15) is 4.98 Å². The van der Waals surface area contributed by atoms with E-state index in [9.17, 15) is 9.59 Å². The molecule has 0 fully saturated rings. The Morgan fingerprint density at radius 1 is 0.933 bits per heavy atom. The minimum Gasteiger partial charge on any atom is -0.497 e. The Morgan fingerprint density at radius 3 is 2.20 bits per heavy atom. The Labute approximate surface area is 173 Å². The normalized spacial score (nSPS) is 10.3. The van der Waals surface area contributed by atoms with Crippen LogP contribution in [0.1, 0.15) is 28.0 Å². The lowest BCUT2D eigenvalue weighted by molar-refractivity contribution is 0.0898. The summed E-state index contributed by atoms with van der Waals surface area (Å²) >= 11 is 0. The zero-order valence-corrected chi connectivity index (χ0v) is 16.7. The quantitative estimate of drug-likeness (QED) is 0.520. The van der Waals surface area contributed by atoms with Crippen LogP contribution in [0, 0.1) is 0 Å². The van der Waals surface area contributed by atoms with E-state index in [2.05, 4.69) is 20.8 Å². The summed E-state index contributed by atoms with van der Waals surface area (Å²) in [6.07, 6.45) is 0. The molecule has 9 nitrogen and oxygen atoms in total. The SMILES string of the molecule is CCOc1ccc(C(=O)NCCNC(=O)c2nc(-c3ccc(OC)cc3)no2)cc1. The summed E-state index contributed by atoms with van der Waals surface area (Å²) in [7, 11) is 1.58. The third-order valence-corrected chi connectivity index (χ3v) is 4.09. The van der Waals surface area contributed by atoms with Gasteiger partial charge in [0.25, 0.3) is 5.91 Å². The molecule has 3 aromatic rings. The molecule has 156 valence electrons. The maximum Gasteiger partial charge on any atom is 0.316 e. The fourth-order valence-electron chi connectivity index (χ4n) is 2.57. The number of ether oxygens (including phenoxy) is 2. The second kappa shape index (κ2) is 10.1. The van der Waals surface area contributed by atoms with Crippen molar-refractivity contribution in [3.8, 4) is 22.9 Å². The van der Waals surface area contributed by atoms with Crippen LogP contribution in [0.25, 0.3) is 11.4 Å². The molecule has 0 aliphatic carbocycles. The van der Waals surface area contributed by atoms with Gasteiger partial charge in [-0.25, -0.2) is 0 Å². The Balaban J connectivity index is 1.45. The monoisotopic (exact) mass is 410 g/mol. The molecule has 2 aromatic carbocycles. The molecule has 2 N–H and O–H groups in total. The van der Waals surface area contributed by atoms with Crippen molar-refractivity contribution in [2.75, 3.05) is 26.8 Å². The van der Waals surface area contributed by atoms with Crippen molar-refractivity contribution in [2.24, 2.45) is 0 Å². The van der Waals surface area contributed by atoms with E-state index >= 15 is 0 Å². The van der Waals surface area contributed by atoms with E-state index in [1.54, 1.807) is 55.6 Å². The van der Waals surface area contributed by atoms with Gasteiger partial charge < -0.3 is 24.6 Å². The highest BCUT2D eigenvalue weighted by molar-refractivity contribution is 5.94. The van der Waals surface area contributed by atoms with Crippen LogP contribution in [-0.4, -0.2) is 48.8 Å². The first kappa shape index (κ1) is 20.8. The highest BCUT2D eigenvalue weighted by atomic mass is 16.5. The van der Waals surface area contributed by atoms with E-state index in [-0.39, 0.29) is 24.9 Å². The average Bonchev–Trinajstić information content (AvgIpc) is 3.28. The van der Waals surface area contributed by atoms with Gasteiger partial charge in [-0.05, 0) is 55.5 Å². The molecule has 2 amide bonds. The van der Waals surface area contributed by atoms with Crippen LogP contribution in [0.4, 0.5) is 0 Å². The van der Waals surface area contributed by atoms with Gasteiger partial charge in [0.2, 0.25) is 5.82 Å². The summed E-state index contributed by atoms with van der Waals surface area (Å²) in [4.78, 5) is 28.4. The number of nitrogens with one attached hydrogen (secondary N) is 2. The van der Waals surface area contributed by atoms with Crippen LogP contribution >= 0.6 is 0 Å². The van der Waals surface area contributed by atoms with E-state index in [0.29, 0.717) is 35.1 Å². The summed E-state index contributed by atoms with van der Waals surface area (Å²) in [5.41, 5.74) is 1.20. The predicted molar refractivity (Wildman–Crippen MR) is 109 cm³/mol. The van der Waals surface area contributed by atoms with Crippen LogP contribution in [-0.2, 0) is 0 Å². The number of hydrogen-bond acceptors (Lipinski definition) is 7. The zero-order chi connectivity index (χ0) is 21.3. The van der Waals surface area contributed by atoms with Crippen molar-refractivity contribution in [1.82, 2.24) is 20.8 Å². The van der Waals surface area contributed by atoms with Crippen LogP contribution in [0.15, 0.2) is 53.1 Å². The second-order valence-electron chi connectivity index (χ2n) is 6.12. The molecular weight excluding hydrogens is 388 g/mol. The van der Waals surface area contributed by atoms with Gasteiger partial charge in [0, 0.05) is 24.2 Å². The zero-order valence-electron chi connectivity index (χ0n) is 16.7. The molecule has 0 spiro atoms. The van der Waals surface area contributed by atoms with Crippen molar-refractivity contribution in [3.05, 3.63) is 60.0 Å². The van der Waals surface area contributed by atoms with Crippen molar-refractivity contribution >= 4 is 11.8 Å². The molecule has 0 aliphatic rings. The molecule has 0 radical (unpaired) electrons. The molecule has 0 aliphatic heterocycles. The maximum atomic E-state index is 12.1. The first-order valence-electron chi connectivity index (χ1n) is 9.38. The molecule has 9 heteroatoms. The van der Waals surface area contributed by atoms with Gasteiger partial charge in [0.1, 0.15) is 11.5 Å². The first-order valence-corrected chi connectivity index (χ1v) is 9.38. The number of amides is 2. The fourth-order valence-corrected chi connectivity index (χ4v) is 2.57. The molecule has 0 atom stereocenters. The second-order valence-corrected chi connectivity index (χ2v) is 6.12. The van der Waals surface area contributed by atoms with Gasteiger partial charge in [-0.3, -0.25) is 9.59 Å². The molecule has 0 bridgehead atoms. The number of benzene rings is 2. The van der Waals surface area contributed by atoms with Crippen molar-refractivity contribution < 1.29 is 23.6 Å². The topological polar surface area (TPSA) is 116 Å². The smallest absolute Gasteiger partial charge is 0.316 e. The van der Waals surface area contributed by atoms with E-state index < -0.39 is 5.91 Å². The predicted octanol–water partition coefficient (Wildman–Crippen LogP) is 2.30. The number of aromatic nitrogens is 2. The average molecular weight is 410 g/mol. The lowest BCUT2D eigenvalue weighted by Crippen LogP contribution is -2.34. The molecule has 0 saturated heterocycles. The molecule has 0 unspecified atom stereocenters. The van der Waals surface area contributed by atoms with Crippen LogP contribution < -0.4 is 20.1 Å². The van der Waals surface area contributed by atoms with E-state index in [4.69, 9.17) is 14.0 Å². The molecule has 3 rings (SSSR count). The van der Waals surface area contributed by atoms with Gasteiger partial charge >= 0.3 is 11.8 Å². The lowest BCUT2D eigenvalue weighted by Gasteiger charge is -2.07. The molecule has 30 heavy (non-hydrogen) atoms. The van der Waals surface area contributed by atoms with Gasteiger partial charge in [0.15, 0.2) is 0 Å². The highest BCUT2D eigenvalue weighted by Gasteiger charge is 2.16. The third-order valence-electron chi connectivity index (χ3n) is 4.09. The number of carbonyl (C=O) groups excluding carboxylic acids is 2. The number of methoxy groups -OCH3 is 1. The standard InChI is InChI=1S/C21H22N4O5/c1-3-29-17-10-6-15(7-11-17)19(26)22-12-13-23-20(27)21-24-18(25-30-21)14-4-8-16(28-2)9-5-14/h4-11H,3,12-13H2,1-2H3,(H,22,26)(H,23,27). The summed E-state index contributed by atoms with van der Waals surface area (Å²) in [6, 6.07) is 13.9. The van der Waals surface area contributed by atoms with Gasteiger partial charge in [-0.15, -0.1) is 0 Å². The molecule has 0 saturated carbocycles. The fraction of sp³-hybridized carbons (Fsp3) is 0.238. The molecular formula is C21H22N4O5. The summed E-state index contributed by atoms with van der Waals surface area (Å²) < 4.78 is 15.5. The van der Waals surface area contributed by atoms with Gasteiger partial charge in [-0.1, -0.05) is 5.16 Å². The largest absolute Gasteiger partial charge is 0.497 e. The number of rotatable bonds is 9. The Hall–Kier alpha value is -3.88. The molecule has 1 heterocycles.